The van der Waals surface area contributed by atoms with Crippen LogP contribution >= 0.6 is 0 Å². The number of hydrogen-bond donors (Lipinski definition) is 1. The predicted octanol–water partition coefficient (Wildman–Crippen LogP) is 3.68. The molecule has 0 amide bonds. The number of nitrogens with one attached hydrogen (secondary N) is 1. The molecule has 1 aromatic heterocycles. The van der Waals surface area contributed by atoms with Crippen LogP contribution in [0.5, 0.6) is 11.5 Å². The van der Waals surface area contributed by atoms with E-state index in [1.807, 2.05) is 54.6 Å². The van der Waals surface area contributed by atoms with E-state index >= 15 is 0 Å². The summed E-state index contributed by atoms with van der Waals surface area (Å²) in [5, 5.41) is 6.69. The standard InChI is InChI=1S/C16H12N2O2/c19-11-13-10-17-18-16(13)12-6-8-15(9-7-12)20-14-4-2-1-3-5-14/h1-11H,(H,17,18). The average molecular weight is 264 g/mol. The molecule has 0 saturated heterocycles. The first-order chi connectivity index (χ1) is 9.86. The van der Waals surface area contributed by atoms with Crippen LogP contribution in [0.2, 0.25) is 0 Å². The lowest BCUT2D eigenvalue weighted by atomic mass is 10.1. The first kappa shape index (κ1) is 12.2. The molecule has 0 unspecified atom stereocenters. The number of para-hydroxylation sites is 1. The van der Waals surface area contributed by atoms with Crippen LogP contribution in [-0.2, 0) is 0 Å². The van der Waals surface area contributed by atoms with E-state index in [1.54, 1.807) is 0 Å². The summed E-state index contributed by atoms with van der Waals surface area (Å²) >= 11 is 0. The highest BCUT2D eigenvalue weighted by molar-refractivity contribution is 5.85. The molecule has 0 saturated carbocycles. The lowest BCUT2D eigenvalue weighted by Gasteiger charge is -2.06. The van der Waals surface area contributed by atoms with Crippen molar-refractivity contribution < 1.29 is 9.53 Å². The van der Waals surface area contributed by atoms with E-state index in [0.29, 0.717) is 11.3 Å². The van der Waals surface area contributed by atoms with Gasteiger partial charge in [0.2, 0.25) is 0 Å². The average Bonchev–Trinajstić information content (AvgIpc) is 2.98. The van der Waals surface area contributed by atoms with Crippen LogP contribution in [0.4, 0.5) is 0 Å². The zero-order chi connectivity index (χ0) is 13.8. The van der Waals surface area contributed by atoms with Gasteiger partial charge in [-0.05, 0) is 36.4 Å². The second kappa shape index (κ2) is 5.40. The number of aromatic nitrogens is 2. The van der Waals surface area contributed by atoms with Crippen LogP contribution < -0.4 is 4.74 Å². The molecular weight excluding hydrogens is 252 g/mol. The Hall–Kier alpha value is -2.88. The summed E-state index contributed by atoms with van der Waals surface area (Å²) in [5.41, 5.74) is 2.15. The van der Waals surface area contributed by atoms with Gasteiger partial charge in [-0.2, -0.15) is 5.10 Å². The quantitative estimate of drug-likeness (QED) is 0.731. The third-order valence-corrected chi connectivity index (χ3v) is 2.92. The monoisotopic (exact) mass is 264 g/mol. The van der Waals surface area contributed by atoms with Gasteiger partial charge in [-0.1, -0.05) is 18.2 Å². The first-order valence-corrected chi connectivity index (χ1v) is 6.19. The molecule has 0 spiro atoms. The van der Waals surface area contributed by atoms with Crippen LogP contribution in [0.1, 0.15) is 10.4 Å². The SMILES string of the molecule is O=Cc1cn[nH]c1-c1ccc(Oc2ccccc2)cc1. The van der Waals surface area contributed by atoms with Gasteiger partial charge in [-0.25, -0.2) is 0 Å². The van der Waals surface area contributed by atoms with Gasteiger partial charge >= 0.3 is 0 Å². The Morgan fingerprint density at radius 1 is 0.950 bits per heavy atom. The highest BCUT2D eigenvalue weighted by atomic mass is 16.5. The number of aldehydes is 1. The molecule has 4 nitrogen and oxygen atoms in total. The minimum Gasteiger partial charge on any atom is -0.457 e. The second-order valence-electron chi connectivity index (χ2n) is 4.26. The topological polar surface area (TPSA) is 55.0 Å². The highest BCUT2D eigenvalue weighted by Gasteiger charge is 2.06. The molecule has 98 valence electrons. The van der Waals surface area contributed by atoms with Crippen molar-refractivity contribution in [3.05, 3.63) is 66.4 Å². The number of carbonyl (C=O) groups is 1. The number of benzene rings is 2. The van der Waals surface area contributed by atoms with E-state index in [-0.39, 0.29) is 0 Å². The van der Waals surface area contributed by atoms with E-state index in [2.05, 4.69) is 10.2 Å². The number of ether oxygens (including phenoxy) is 1. The molecule has 2 aromatic carbocycles. The van der Waals surface area contributed by atoms with Gasteiger partial charge in [-0.15, -0.1) is 0 Å². The van der Waals surface area contributed by atoms with Crippen LogP contribution in [0, 0.1) is 0 Å². The number of rotatable bonds is 4. The summed E-state index contributed by atoms with van der Waals surface area (Å²) in [6.45, 7) is 0. The van der Waals surface area contributed by atoms with Crippen molar-refractivity contribution in [2.75, 3.05) is 0 Å². The van der Waals surface area contributed by atoms with Crippen molar-refractivity contribution in [3.63, 3.8) is 0 Å². The first-order valence-electron chi connectivity index (χ1n) is 6.19. The van der Waals surface area contributed by atoms with Gasteiger partial charge in [0.05, 0.1) is 17.5 Å². The minimum absolute atomic E-state index is 0.543. The second-order valence-corrected chi connectivity index (χ2v) is 4.26. The Balaban J connectivity index is 1.83. The van der Waals surface area contributed by atoms with Crippen LogP contribution in [-0.4, -0.2) is 16.5 Å². The van der Waals surface area contributed by atoms with E-state index in [4.69, 9.17) is 4.74 Å². The number of aromatic amines is 1. The number of nitrogens with zero attached hydrogens (tertiary/aromatic N) is 1. The van der Waals surface area contributed by atoms with Crippen molar-refractivity contribution in [1.29, 1.82) is 0 Å². The molecule has 0 fully saturated rings. The summed E-state index contributed by atoms with van der Waals surface area (Å²) in [5.74, 6) is 1.53. The Labute approximate surface area is 116 Å². The molecule has 4 heteroatoms. The summed E-state index contributed by atoms with van der Waals surface area (Å²) in [4.78, 5) is 10.9. The zero-order valence-corrected chi connectivity index (χ0v) is 10.6. The predicted molar refractivity (Wildman–Crippen MR) is 75.9 cm³/mol. The van der Waals surface area contributed by atoms with Gasteiger partial charge in [-0.3, -0.25) is 9.89 Å². The molecular formula is C16H12N2O2. The fourth-order valence-electron chi connectivity index (χ4n) is 1.93. The Morgan fingerprint density at radius 3 is 2.35 bits per heavy atom. The largest absolute Gasteiger partial charge is 0.457 e. The number of hydrogen-bond acceptors (Lipinski definition) is 3. The van der Waals surface area contributed by atoms with Crippen molar-refractivity contribution in [1.82, 2.24) is 10.2 Å². The van der Waals surface area contributed by atoms with Gasteiger partial charge in [0.25, 0.3) is 0 Å². The number of H-pyrrole nitrogens is 1. The normalized spacial score (nSPS) is 10.2. The molecule has 3 aromatic rings. The van der Waals surface area contributed by atoms with Crippen molar-refractivity contribution in [2.45, 2.75) is 0 Å². The van der Waals surface area contributed by atoms with Crippen molar-refractivity contribution in [2.24, 2.45) is 0 Å². The zero-order valence-electron chi connectivity index (χ0n) is 10.6. The van der Waals surface area contributed by atoms with Gasteiger partial charge in [0, 0.05) is 5.56 Å². The molecule has 0 radical (unpaired) electrons. The van der Waals surface area contributed by atoms with E-state index < -0.39 is 0 Å². The van der Waals surface area contributed by atoms with E-state index in [1.165, 1.54) is 6.20 Å². The fourth-order valence-corrected chi connectivity index (χ4v) is 1.93. The Bertz CT molecular complexity index is 703. The van der Waals surface area contributed by atoms with Crippen LogP contribution in [0.15, 0.2) is 60.8 Å². The summed E-state index contributed by atoms with van der Waals surface area (Å²) in [7, 11) is 0. The molecule has 0 aliphatic rings. The third-order valence-electron chi connectivity index (χ3n) is 2.92. The van der Waals surface area contributed by atoms with E-state index in [0.717, 1.165) is 23.3 Å². The van der Waals surface area contributed by atoms with Gasteiger partial charge in [0.15, 0.2) is 6.29 Å². The number of carbonyl (C=O) groups excluding carboxylic acids is 1. The molecule has 0 aliphatic heterocycles. The van der Waals surface area contributed by atoms with Crippen LogP contribution in [0.25, 0.3) is 11.3 Å². The van der Waals surface area contributed by atoms with Crippen molar-refractivity contribution >= 4 is 6.29 Å². The summed E-state index contributed by atoms with van der Waals surface area (Å²) in [6.07, 6.45) is 2.30. The van der Waals surface area contributed by atoms with Crippen LogP contribution in [0.3, 0.4) is 0 Å². The molecule has 0 bridgehead atoms. The summed E-state index contributed by atoms with van der Waals surface area (Å²) in [6, 6.07) is 17.1. The maximum absolute atomic E-state index is 10.9. The lowest BCUT2D eigenvalue weighted by Crippen LogP contribution is -1.86. The van der Waals surface area contributed by atoms with Gasteiger partial charge < -0.3 is 4.74 Å². The highest BCUT2D eigenvalue weighted by Crippen LogP contribution is 2.25. The van der Waals surface area contributed by atoms with E-state index in [9.17, 15) is 4.79 Å². The van der Waals surface area contributed by atoms with Crippen molar-refractivity contribution in [3.8, 4) is 22.8 Å². The van der Waals surface area contributed by atoms with Gasteiger partial charge in [0.1, 0.15) is 11.5 Å². The maximum Gasteiger partial charge on any atom is 0.153 e. The molecule has 0 atom stereocenters. The fraction of sp³-hybridized carbons (Fsp3) is 0. The Kier molecular flexibility index (Phi) is 3.29. The maximum atomic E-state index is 10.9. The lowest BCUT2D eigenvalue weighted by molar-refractivity contribution is 0.112. The molecule has 0 aliphatic carbocycles. The molecule has 1 heterocycles. The summed E-state index contributed by atoms with van der Waals surface area (Å²) < 4.78 is 5.71. The smallest absolute Gasteiger partial charge is 0.153 e. The molecule has 3 rings (SSSR count). The minimum atomic E-state index is 0.543. The third kappa shape index (κ3) is 2.44. The molecule has 1 N–H and O–H groups in total. The molecule has 20 heavy (non-hydrogen) atoms. The Morgan fingerprint density at radius 2 is 1.65 bits per heavy atom.